The smallest absolute Gasteiger partial charge is 0.339 e. The number of hydrogen-bond donors (Lipinski definition) is 2. The highest BCUT2D eigenvalue weighted by Crippen LogP contribution is 2.36. The minimum atomic E-state index is -1.10. The van der Waals surface area contributed by atoms with E-state index in [9.17, 15) is 18.7 Å². The standard InChI is InChI=1S/C27H18ClF2N3O3/c1-36-23-10-16(6-8-18(23)27(34)35)33-24-11-19-14(12-31-24)13-32-26(20-9-15(28)5-7-17(19)20)25-21(29)3-2-4-22(25)30/h2-12H,13H2,1H3,(H,31,33)(H,34,35). The second kappa shape index (κ2) is 9.39. The van der Waals surface area contributed by atoms with E-state index in [0.717, 1.165) is 11.1 Å². The van der Waals surface area contributed by atoms with Gasteiger partial charge in [0, 0.05) is 28.5 Å². The Labute approximate surface area is 209 Å². The van der Waals surface area contributed by atoms with E-state index in [1.54, 1.807) is 42.6 Å². The monoisotopic (exact) mass is 505 g/mol. The number of aromatic carboxylic acids is 1. The van der Waals surface area contributed by atoms with Crippen molar-refractivity contribution >= 4 is 34.8 Å². The third-order valence-corrected chi connectivity index (χ3v) is 6.06. The molecule has 0 saturated heterocycles. The van der Waals surface area contributed by atoms with E-state index in [2.05, 4.69) is 15.3 Å². The largest absolute Gasteiger partial charge is 0.496 e. The highest BCUT2D eigenvalue weighted by Gasteiger charge is 2.24. The van der Waals surface area contributed by atoms with Crippen LogP contribution < -0.4 is 10.1 Å². The van der Waals surface area contributed by atoms with Gasteiger partial charge in [0.25, 0.3) is 0 Å². The molecule has 0 radical (unpaired) electrons. The number of rotatable bonds is 5. The molecule has 36 heavy (non-hydrogen) atoms. The number of nitrogens with one attached hydrogen (secondary N) is 1. The lowest BCUT2D eigenvalue weighted by Gasteiger charge is -2.14. The predicted octanol–water partition coefficient (Wildman–Crippen LogP) is 6.48. The summed E-state index contributed by atoms with van der Waals surface area (Å²) >= 11 is 6.27. The minimum Gasteiger partial charge on any atom is -0.496 e. The van der Waals surface area contributed by atoms with Crippen LogP contribution in [0.3, 0.4) is 0 Å². The summed E-state index contributed by atoms with van der Waals surface area (Å²) in [5, 5.41) is 12.9. The Morgan fingerprint density at radius 2 is 1.81 bits per heavy atom. The molecule has 2 heterocycles. The zero-order chi connectivity index (χ0) is 25.4. The Hall–Kier alpha value is -4.30. The van der Waals surface area contributed by atoms with Crippen molar-refractivity contribution in [3.63, 3.8) is 0 Å². The van der Waals surface area contributed by atoms with Crippen LogP contribution in [0.2, 0.25) is 5.02 Å². The fraction of sp³-hybridized carbons (Fsp3) is 0.0741. The first kappa shape index (κ1) is 23.4. The minimum absolute atomic E-state index is 0.0359. The number of carbonyl (C=O) groups is 1. The topological polar surface area (TPSA) is 83.8 Å². The van der Waals surface area contributed by atoms with Gasteiger partial charge >= 0.3 is 5.97 Å². The van der Waals surface area contributed by atoms with Gasteiger partial charge in [-0.15, -0.1) is 0 Å². The van der Waals surface area contributed by atoms with Crippen LogP contribution in [-0.4, -0.2) is 28.9 Å². The van der Waals surface area contributed by atoms with Crippen LogP contribution in [0, 0.1) is 11.6 Å². The lowest BCUT2D eigenvalue weighted by molar-refractivity contribution is 0.0693. The number of methoxy groups -OCH3 is 1. The van der Waals surface area contributed by atoms with Crippen LogP contribution in [0.4, 0.5) is 20.3 Å². The van der Waals surface area contributed by atoms with Crippen LogP contribution in [-0.2, 0) is 6.54 Å². The Balaban J connectivity index is 1.59. The number of aliphatic imine (C=N–C) groups is 1. The first-order valence-corrected chi connectivity index (χ1v) is 11.2. The Kier molecular flexibility index (Phi) is 6.12. The number of aromatic nitrogens is 1. The number of hydrogen-bond acceptors (Lipinski definition) is 5. The molecule has 1 aliphatic rings. The highest BCUT2D eigenvalue weighted by atomic mass is 35.5. The van der Waals surface area contributed by atoms with E-state index in [-0.39, 0.29) is 29.1 Å². The van der Waals surface area contributed by atoms with Crippen molar-refractivity contribution in [3.05, 3.63) is 106 Å². The average molecular weight is 506 g/mol. The zero-order valence-corrected chi connectivity index (χ0v) is 19.6. The van der Waals surface area contributed by atoms with Gasteiger partial charge < -0.3 is 15.2 Å². The molecule has 0 saturated carbocycles. The quantitative estimate of drug-likeness (QED) is 0.324. The van der Waals surface area contributed by atoms with Crippen LogP contribution in [0.5, 0.6) is 5.75 Å². The first-order valence-electron chi connectivity index (χ1n) is 10.8. The predicted molar refractivity (Wildman–Crippen MR) is 134 cm³/mol. The number of benzene rings is 3. The van der Waals surface area contributed by atoms with E-state index in [0.29, 0.717) is 27.7 Å². The Bertz CT molecular complexity index is 1540. The van der Waals surface area contributed by atoms with E-state index in [1.165, 1.54) is 31.4 Å². The number of carboxylic acids is 1. The maximum absolute atomic E-state index is 14.7. The fourth-order valence-corrected chi connectivity index (χ4v) is 4.33. The molecule has 3 aromatic carbocycles. The maximum Gasteiger partial charge on any atom is 0.339 e. The maximum atomic E-state index is 14.7. The molecule has 9 heteroatoms. The van der Waals surface area contributed by atoms with Gasteiger partial charge in [-0.25, -0.2) is 18.6 Å². The number of halogens is 3. The molecule has 0 aliphatic carbocycles. The summed E-state index contributed by atoms with van der Waals surface area (Å²) in [5.74, 6) is -1.86. The molecule has 5 rings (SSSR count). The van der Waals surface area contributed by atoms with Crippen molar-refractivity contribution in [1.82, 2.24) is 4.98 Å². The molecule has 0 bridgehead atoms. The number of ether oxygens (including phenoxy) is 1. The van der Waals surface area contributed by atoms with E-state index >= 15 is 0 Å². The SMILES string of the molecule is COc1cc(Nc2cc3c(cn2)CN=C(c2c(F)cccc2F)c2cc(Cl)ccc2-3)ccc1C(=O)O. The summed E-state index contributed by atoms with van der Waals surface area (Å²) < 4.78 is 34.6. The van der Waals surface area contributed by atoms with Crippen molar-refractivity contribution in [3.8, 4) is 16.9 Å². The van der Waals surface area contributed by atoms with E-state index < -0.39 is 17.6 Å². The Morgan fingerprint density at radius 1 is 1.03 bits per heavy atom. The Morgan fingerprint density at radius 3 is 2.53 bits per heavy atom. The molecule has 4 aromatic rings. The summed E-state index contributed by atoms with van der Waals surface area (Å²) in [6.07, 6.45) is 1.64. The molecule has 0 fully saturated rings. The fourth-order valence-electron chi connectivity index (χ4n) is 4.16. The lowest BCUT2D eigenvalue weighted by atomic mass is 9.92. The molecule has 2 N–H and O–H groups in total. The van der Waals surface area contributed by atoms with Crippen molar-refractivity contribution in [2.75, 3.05) is 12.4 Å². The number of anilines is 2. The molecule has 1 aromatic heterocycles. The second-order valence-corrected chi connectivity index (χ2v) is 8.46. The van der Waals surface area contributed by atoms with Crippen LogP contribution in [0.1, 0.15) is 27.0 Å². The normalized spacial score (nSPS) is 12.2. The van der Waals surface area contributed by atoms with Gasteiger partial charge in [-0.1, -0.05) is 23.7 Å². The molecular weight excluding hydrogens is 488 g/mol. The van der Waals surface area contributed by atoms with Gasteiger partial charge in [-0.3, -0.25) is 4.99 Å². The summed E-state index contributed by atoms with van der Waals surface area (Å²) in [6.45, 7) is 0.152. The molecule has 0 spiro atoms. The third-order valence-electron chi connectivity index (χ3n) is 5.82. The third kappa shape index (κ3) is 4.27. The number of pyridine rings is 1. The number of fused-ring (bicyclic) bond motifs is 3. The first-order chi connectivity index (χ1) is 17.4. The molecule has 1 aliphatic heterocycles. The second-order valence-electron chi connectivity index (χ2n) is 8.02. The van der Waals surface area contributed by atoms with Crippen LogP contribution >= 0.6 is 11.6 Å². The molecule has 6 nitrogen and oxygen atoms in total. The molecule has 0 unspecified atom stereocenters. The summed E-state index contributed by atoms with van der Waals surface area (Å²) in [7, 11) is 1.39. The van der Waals surface area contributed by atoms with Gasteiger partial charge in [0.05, 0.1) is 24.9 Å². The van der Waals surface area contributed by atoms with Gasteiger partial charge in [0.15, 0.2) is 0 Å². The average Bonchev–Trinajstić information content (AvgIpc) is 3.00. The lowest BCUT2D eigenvalue weighted by Crippen LogP contribution is -2.10. The molecular formula is C27H18ClF2N3O3. The highest BCUT2D eigenvalue weighted by molar-refractivity contribution is 6.31. The summed E-state index contributed by atoms with van der Waals surface area (Å²) in [4.78, 5) is 20.4. The van der Waals surface area contributed by atoms with Crippen molar-refractivity contribution in [1.29, 1.82) is 0 Å². The van der Waals surface area contributed by atoms with Crippen molar-refractivity contribution in [2.45, 2.75) is 6.54 Å². The number of nitrogens with zero attached hydrogens (tertiary/aromatic N) is 2. The van der Waals surface area contributed by atoms with Gasteiger partial charge in [-0.2, -0.15) is 0 Å². The summed E-state index contributed by atoms with van der Waals surface area (Å²) in [6, 6.07) is 15.2. The molecule has 0 atom stereocenters. The van der Waals surface area contributed by atoms with Gasteiger partial charge in [0.1, 0.15) is 28.8 Å². The summed E-state index contributed by atoms with van der Waals surface area (Å²) in [5.41, 5.74) is 3.27. The van der Waals surface area contributed by atoms with Gasteiger partial charge in [-0.05, 0) is 59.2 Å². The molecule has 180 valence electrons. The van der Waals surface area contributed by atoms with Crippen LogP contribution in [0.25, 0.3) is 11.1 Å². The van der Waals surface area contributed by atoms with E-state index in [4.69, 9.17) is 16.3 Å². The van der Waals surface area contributed by atoms with Crippen molar-refractivity contribution in [2.24, 2.45) is 4.99 Å². The zero-order valence-electron chi connectivity index (χ0n) is 18.8. The van der Waals surface area contributed by atoms with Crippen LogP contribution in [0.15, 0.2) is 71.9 Å². The molecule has 0 amide bonds. The van der Waals surface area contributed by atoms with Gasteiger partial charge in [0.2, 0.25) is 0 Å². The number of carboxylic acid groups (broad SMARTS) is 1. The van der Waals surface area contributed by atoms with E-state index in [1.807, 2.05) is 0 Å². The van der Waals surface area contributed by atoms with Crippen molar-refractivity contribution < 1.29 is 23.4 Å².